The molecule has 1 aliphatic carbocycles. The second kappa shape index (κ2) is 7.28. The van der Waals surface area contributed by atoms with E-state index in [2.05, 4.69) is 37.1 Å². The van der Waals surface area contributed by atoms with Gasteiger partial charge in [-0.25, -0.2) is 4.68 Å². The van der Waals surface area contributed by atoms with E-state index in [9.17, 15) is 4.79 Å². The average Bonchev–Trinajstić information content (AvgIpc) is 3.02. The van der Waals surface area contributed by atoms with Crippen LogP contribution in [0.1, 0.15) is 45.7 Å². The average molecular weight is 399 g/mol. The molecule has 2 atom stereocenters. The Kier molecular flexibility index (Phi) is 4.95. The van der Waals surface area contributed by atoms with Gasteiger partial charge in [0.15, 0.2) is 0 Å². The fourth-order valence-corrected chi connectivity index (χ4v) is 4.61. The summed E-state index contributed by atoms with van der Waals surface area (Å²) >= 11 is 1.60. The maximum atomic E-state index is 13.2. The Bertz CT molecular complexity index is 917. The van der Waals surface area contributed by atoms with Crippen molar-refractivity contribution in [2.24, 2.45) is 11.3 Å². The zero-order valence-corrected chi connectivity index (χ0v) is 17.5. The summed E-state index contributed by atoms with van der Waals surface area (Å²) in [5, 5.41) is 8.83. The molecule has 148 valence electrons. The number of ketones is 1. The highest BCUT2D eigenvalue weighted by molar-refractivity contribution is 7.99. The Labute approximate surface area is 169 Å². The number of hydrogen-bond acceptors (Lipinski definition) is 6. The zero-order chi connectivity index (χ0) is 19.9. The molecule has 28 heavy (non-hydrogen) atoms. The molecule has 0 amide bonds. The van der Waals surface area contributed by atoms with Crippen LogP contribution in [-0.4, -0.2) is 32.9 Å². The maximum Gasteiger partial charge on any atom is 0.227 e. The van der Waals surface area contributed by atoms with E-state index in [0.717, 1.165) is 27.9 Å². The highest BCUT2D eigenvalue weighted by atomic mass is 32.2. The first kappa shape index (κ1) is 19.1. The number of aromatic nitrogens is 3. The molecule has 1 N–H and O–H groups in total. The number of carbonyl (C=O) groups excluding carboxylic acids is 1. The van der Waals surface area contributed by atoms with Crippen molar-refractivity contribution in [3.8, 4) is 5.75 Å². The van der Waals surface area contributed by atoms with E-state index in [1.807, 2.05) is 35.9 Å². The van der Waals surface area contributed by atoms with Crippen molar-refractivity contribution < 1.29 is 9.53 Å². The van der Waals surface area contributed by atoms with E-state index in [1.165, 1.54) is 0 Å². The van der Waals surface area contributed by atoms with E-state index in [-0.39, 0.29) is 23.2 Å². The lowest BCUT2D eigenvalue weighted by Gasteiger charge is -2.40. The first-order valence-electron chi connectivity index (χ1n) is 9.76. The minimum absolute atomic E-state index is 0.164. The Balaban J connectivity index is 1.82. The largest absolute Gasteiger partial charge is 0.494 e. The number of nitrogens with zero attached hydrogens (tertiary/aromatic N) is 3. The molecule has 0 fully saturated rings. The van der Waals surface area contributed by atoms with Crippen LogP contribution in [0.4, 0.5) is 5.95 Å². The lowest BCUT2D eigenvalue weighted by atomic mass is 9.72. The molecule has 7 heteroatoms. The fourth-order valence-electron chi connectivity index (χ4n) is 4.06. The van der Waals surface area contributed by atoms with E-state index in [1.54, 1.807) is 11.8 Å². The predicted octanol–water partition coefficient (Wildman–Crippen LogP) is 4.30. The normalized spacial score (nSPS) is 22.7. The van der Waals surface area contributed by atoms with Gasteiger partial charge in [0, 0.05) is 12.1 Å². The van der Waals surface area contributed by atoms with Gasteiger partial charge < -0.3 is 10.1 Å². The molecule has 1 aromatic carbocycles. The van der Waals surface area contributed by atoms with Gasteiger partial charge in [-0.05, 0) is 35.8 Å². The van der Waals surface area contributed by atoms with Gasteiger partial charge in [-0.2, -0.15) is 4.98 Å². The van der Waals surface area contributed by atoms with Crippen LogP contribution in [0, 0.1) is 11.3 Å². The third kappa shape index (κ3) is 3.43. The molecular weight excluding hydrogens is 372 g/mol. The molecule has 2 aromatic rings. The zero-order valence-electron chi connectivity index (χ0n) is 16.7. The number of Topliss-reactive ketones (excluding diaryl/α,β-unsaturated/α-hetero) is 1. The van der Waals surface area contributed by atoms with Gasteiger partial charge in [-0.15, -0.1) is 5.10 Å². The van der Waals surface area contributed by atoms with Gasteiger partial charge in [0.25, 0.3) is 0 Å². The molecule has 0 radical (unpaired) electrons. The van der Waals surface area contributed by atoms with Gasteiger partial charge in [-0.3, -0.25) is 4.79 Å². The first-order valence-corrected chi connectivity index (χ1v) is 10.7. The van der Waals surface area contributed by atoms with Gasteiger partial charge in [0.05, 0.1) is 18.6 Å². The molecule has 0 spiro atoms. The number of ether oxygens (including phenoxy) is 1. The molecule has 0 unspecified atom stereocenters. The highest BCUT2D eigenvalue weighted by Gasteiger charge is 2.45. The standard InChI is InChI=1S/C21H26N4O2S/c1-5-27-14-9-7-13(8-10-14)18-17-15(11-21(3,4)12-16(17)26)22-19-23-20(28-6-2)24-25(18)19/h7-11,17-18H,5-6,12H2,1-4H3,(H,22,23,24)/t17-,18-/m1/s1. The second-order valence-electron chi connectivity index (χ2n) is 7.88. The van der Waals surface area contributed by atoms with Crippen molar-refractivity contribution in [1.29, 1.82) is 0 Å². The molecule has 0 saturated heterocycles. The molecule has 0 saturated carbocycles. The lowest BCUT2D eigenvalue weighted by molar-refractivity contribution is -0.125. The van der Waals surface area contributed by atoms with Crippen LogP contribution in [0.3, 0.4) is 0 Å². The number of allylic oxidation sites excluding steroid dienone is 2. The van der Waals surface area contributed by atoms with Crippen LogP contribution in [0.25, 0.3) is 0 Å². The van der Waals surface area contributed by atoms with Crippen molar-refractivity contribution in [1.82, 2.24) is 14.8 Å². The van der Waals surface area contributed by atoms with Gasteiger partial charge in [0.2, 0.25) is 11.1 Å². The van der Waals surface area contributed by atoms with E-state index < -0.39 is 0 Å². The summed E-state index contributed by atoms with van der Waals surface area (Å²) in [7, 11) is 0. The van der Waals surface area contributed by atoms with Gasteiger partial charge in [0.1, 0.15) is 11.5 Å². The van der Waals surface area contributed by atoms with Crippen LogP contribution < -0.4 is 10.1 Å². The van der Waals surface area contributed by atoms with Crippen LogP contribution in [-0.2, 0) is 4.79 Å². The molecular formula is C21H26N4O2S. The van der Waals surface area contributed by atoms with E-state index >= 15 is 0 Å². The molecule has 4 rings (SSSR count). The topological polar surface area (TPSA) is 69.0 Å². The summed E-state index contributed by atoms with van der Waals surface area (Å²) in [6.45, 7) is 8.87. The number of nitrogens with one attached hydrogen (secondary N) is 1. The molecule has 2 heterocycles. The smallest absolute Gasteiger partial charge is 0.227 e. The van der Waals surface area contributed by atoms with Crippen molar-refractivity contribution in [3.63, 3.8) is 0 Å². The van der Waals surface area contributed by atoms with Crippen LogP contribution in [0.2, 0.25) is 0 Å². The summed E-state index contributed by atoms with van der Waals surface area (Å²) in [5.74, 6) is 2.38. The molecule has 2 aliphatic rings. The van der Waals surface area contributed by atoms with E-state index in [0.29, 0.717) is 19.0 Å². The van der Waals surface area contributed by atoms with Gasteiger partial charge >= 0.3 is 0 Å². The predicted molar refractivity (Wildman–Crippen MR) is 111 cm³/mol. The number of anilines is 1. The Morgan fingerprint density at radius 2 is 2.04 bits per heavy atom. The Morgan fingerprint density at radius 3 is 2.71 bits per heavy atom. The third-order valence-corrected chi connectivity index (χ3v) is 5.83. The maximum absolute atomic E-state index is 13.2. The fraction of sp³-hybridized carbons (Fsp3) is 0.476. The first-order chi connectivity index (χ1) is 13.4. The van der Waals surface area contributed by atoms with Crippen LogP contribution in [0.5, 0.6) is 5.75 Å². The minimum atomic E-state index is -0.278. The number of rotatable bonds is 5. The molecule has 0 bridgehead atoms. The molecule has 1 aliphatic heterocycles. The number of thioether (sulfide) groups is 1. The van der Waals surface area contributed by atoms with E-state index in [4.69, 9.17) is 9.84 Å². The summed E-state index contributed by atoms with van der Waals surface area (Å²) < 4.78 is 7.46. The summed E-state index contributed by atoms with van der Waals surface area (Å²) in [5.41, 5.74) is 1.81. The second-order valence-corrected chi connectivity index (χ2v) is 9.11. The van der Waals surface area contributed by atoms with Gasteiger partial charge in [-0.1, -0.05) is 50.7 Å². The van der Waals surface area contributed by atoms with Crippen molar-refractivity contribution >= 4 is 23.5 Å². The summed E-state index contributed by atoms with van der Waals surface area (Å²) in [6.07, 6.45) is 2.71. The monoisotopic (exact) mass is 398 g/mol. The van der Waals surface area contributed by atoms with Crippen molar-refractivity contribution in [2.75, 3.05) is 17.7 Å². The minimum Gasteiger partial charge on any atom is -0.494 e. The Hall–Kier alpha value is -2.28. The third-order valence-electron chi connectivity index (χ3n) is 5.11. The number of benzene rings is 1. The summed E-state index contributed by atoms with van der Waals surface area (Å²) in [6, 6.07) is 7.77. The lowest BCUT2D eigenvalue weighted by Crippen LogP contribution is -2.42. The quantitative estimate of drug-likeness (QED) is 0.757. The van der Waals surface area contributed by atoms with Crippen LogP contribution >= 0.6 is 11.8 Å². The highest BCUT2D eigenvalue weighted by Crippen LogP contribution is 2.45. The number of fused-ring (bicyclic) bond motifs is 2. The Morgan fingerprint density at radius 1 is 1.29 bits per heavy atom. The van der Waals surface area contributed by atoms with Crippen molar-refractivity contribution in [2.45, 2.75) is 45.3 Å². The molecule has 1 aromatic heterocycles. The SMILES string of the molecule is CCOc1ccc([C@@H]2[C@H]3C(=O)CC(C)(C)C=C3Nc3nc(SCC)nn32)cc1. The number of carbonyl (C=O) groups is 1. The number of hydrogen-bond donors (Lipinski definition) is 1. The van der Waals surface area contributed by atoms with Crippen molar-refractivity contribution in [3.05, 3.63) is 41.6 Å². The van der Waals surface area contributed by atoms with Crippen LogP contribution in [0.15, 0.2) is 41.2 Å². The molecule has 6 nitrogen and oxygen atoms in total. The summed E-state index contributed by atoms with van der Waals surface area (Å²) in [4.78, 5) is 17.8.